The highest BCUT2D eigenvalue weighted by Crippen LogP contribution is 2.36. The van der Waals surface area contributed by atoms with E-state index in [2.05, 4.69) is 4.90 Å². The monoisotopic (exact) mass is 492 g/mol. The van der Waals surface area contributed by atoms with Gasteiger partial charge < -0.3 is 10.5 Å². The number of sulfonamides is 1. The van der Waals surface area contributed by atoms with Crippen molar-refractivity contribution in [3.8, 4) is 11.1 Å². The van der Waals surface area contributed by atoms with Crippen LogP contribution in [0.2, 0.25) is 0 Å². The van der Waals surface area contributed by atoms with E-state index in [4.69, 9.17) is 21.0 Å². The molecule has 4 rings (SSSR count). The van der Waals surface area contributed by atoms with E-state index >= 15 is 0 Å². The van der Waals surface area contributed by atoms with Gasteiger partial charge in [0.05, 0.1) is 17.9 Å². The molecular weight excluding hydrogens is 464 g/mol. The SMILES string of the molecule is COC(=O)[C@@H]1CN(Cc2ccc(-c3ccccc3S(N)(=O)=O)cc2)C[C@H]1c1ccccc1C(=N)N. The lowest BCUT2D eigenvalue weighted by atomic mass is 9.86. The van der Waals surface area contributed by atoms with Crippen LogP contribution in [-0.4, -0.2) is 45.3 Å². The first-order valence-corrected chi connectivity index (χ1v) is 12.7. The topological polar surface area (TPSA) is 140 Å². The van der Waals surface area contributed by atoms with E-state index < -0.39 is 10.0 Å². The lowest BCUT2D eigenvalue weighted by Crippen LogP contribution is -2.25. The molecule has 0 aromatic heterocycles. The first-order valence-electron chi connectivity index (χ1n) is 11.1. The molecule has 1 saturated heterocycles. The van der Waals surface area contributed by atoms with E-state index in [-0.39, 0.29) is 28.5 Å². The Morgan fingerprint density at radius 1 is 1.03 bits per heavy atom. The van der Waals surface area contributed by atoms with Crippen molar-refractivity contribution >= 4 is 21.8 Å². The molecule has 0 amide bonds. The zero-order valence-corrected chi connectivity index (χ0v) is 20.2. The van der Waals surface area contributed by atoms with Crippen molar-refractivity contribution in [2.75, 3.05) is 20.2 Å². The number of likely N-dealkylation sites (tertiary alicyclic amines) is 1. The summed E-state index contributed by atoms with van der Waals surface area (Å²) in [6, 6.07) is 21.7. The summed E-state index contributed by atoms with van der Waals surface area (Å²) in [6.07, 6.45) is 0. The van der Waals surface area contributed by atoms with Crippen LogP contribution in [0.4, 0.5) is 0 Å². The van der Waals surface area contributed by atoms with Gasteiger partial charge in [-0.3, -0.25) is 15.1 Å². The zero-order valence-electron chi connectivity index (χ0n) is 19.3. The summed E-state index contributed by atoms with van der Waals surface area (Å²) in [5, 5.41) is 13.3. The number of nitrogen functional groups attached to an aromatic ring is 1. The van der Waals surface area contributed by atoms with Gasteiger partial charge >= 0.3 is 5.97 Å². The van der Waals surface area contributed by atoms with Gasteiger partial charge in [-0.05, 0) is 22.8 Å². The summed E-state index contributed by atoms with van der Waals surface area (Å²) in [5.41, 5.74) is 9.62. The number of nitrogens with one attached hydrogen (secondary N) is 1. The average molecular weight is 493 g/mol. The number of primary sulfonamides is 1. The van der Waals surface area contributed by atoms with Crippen LogP contribution >= 0.6 is 0 Å². The van der Waals surface area contributed by atoms with Gasteiger partial charge in [-0.15, -0.1) is 0 Å². The molecule has 0 bridgehead atoms. The molecule has 1 fully saturated rings. The standard InChI is InChI=1S/C26H28N4O4S/c1-34-26(31)23-16-30(15-22(23)20-7-2-3-8-21(20)25(27)28)14-17-10-12-18(13-11-17)19-6-4-5-9-24(19)35(29,32)33/h2-13,22-23H,14-16H2,1H3,(H3,27,28)(H2,29,32,33)/t22-,23+/m0/s1. The molecule has 8 nitrogen and oxygen atoms in total. The lowest BCUT2D eigenvalue weighted by Gasteiger charge is -2.19. The third kappa shape index (κ3) is 5.27. The van der Waals surface area contributed by atoms with Crippen LogP contribution in [-0.2, 0) is 26.1 Å². The zero-order chi connectivity index (χ0) is 25.2. The molecule has 35 heavy (non-hydrogen) atoms. The number of ether oxygens (including phenoxy) is 1. The number of methoxy groups -OCH3 is 1. The fraction of sp³-hybridized carbons (Fsp3) is 0.231. The molecule has 0 spiro atoms. The van der Waals surface area contributed by atoms with E-state index in [1.54, 1.807) is 24.3 Å². The number of nitrogens with zero attached hydrogens (tertiary/aromatic N) is 1. The fourth-order valence-electron chi connectivity index (χ4n) is 4.79. The Balaban J connectivity index is 1.57. The minimum absolute atomic E-state index is 0.0296. The molecule has 182 valence electrons. The van der Waals surface area contributed by atoms with Crippen molar-refractivity contribution in [3.05, 3.63) is 89.5 Å². The summed E-state index contributed by atoms with van der Waals surface area (Å²) in [6.45, 7) is 1.73. The van der Waals surface area contributed by atoms with Crippen LogP contribution in [0.15, 0.2) is 77.7 Å². The van der Waals surface area contributed by atoms with Crippen molar-refractivity contribution in [1.82, 2.24) is 4.90 Å². The number of hydrogen-bond acceptors (Lipinski definition) is 6. The molecular formula is C26H28N4O4S. The third-order valence-corrected chi connectivity index (χ3v) is 7.38. The summed E-state index contributed by atoms with van der Waals surface area (Å²) < 4.78 is 29.0. The third-order valence-electron chi connectivity index (χ3n) is 6.41. The van der Waals surface area contributed by atoms with Gasteiger partial charge in [0.2, 0.25) is 10.0 Å². The molecule has 0 saturated carbocycles. The van der Waals surface area contributed by atoms with Gasteiger partial charge in [0.1, 0.15) is 5.84 Å². The molecule has 0 radical (unpaired) electrons. The quantitative estimate of drug-likeness (QED) is 0.263. The maximum absolute atomic E-state index is 12.6. The van der Waals surface area contributed by atoms with Gasteiger partial charge in [-0.1, -0.05) is 66.7 Å². The molecule has 1 heterocycles. The number of amidine groups is 1. The second-order valence-corrected chi connectivity index (χ2v) is 10.2. The van der Waals surface area contributed by atoms with E-state index in [9.17, 15) is 13.2 Å². The van der Waals surface area contributed by atoms with Crippen molar-refractivity contribution < 1.29 is 17.9 Å². The number of hydrogen-bond donors (Lipinski definition) is 3. The van der Waals surface area contributed by atoms with Crippen LogP contribution < -0.4 is 10.9 Å². The molecule has 3 aromatic rings. The largest absolute Gasteiger partial charge is 0.469 e. The number of carbonyl (C=O) groups is 1. The van der Waals surface area contributed by atoms with Gasteiger partial charge in [0.25, 0.3) is 0 Å². The normalized spacial score (nSPS) is 18.3. The summed E-state index contributed by atoms with van der Waals surface area (Å²) in [5.74, 6) is -0.839. The van der Waals surface area contributed by atoms with E-state index in [1.165, 1.54) is 13.2 Å². The Morgan fingerprint density at radius 2 is 1.69 bits per heavy atom. The number of carbonyl (C=O) groups excluding carboxylic acids is 1. The van der Waals surface area contributed by atoms with Crippen molar-refractivity contribution in [2.45, 2.75) is 17.4 Å². The maximum Gasteiger partial charge on any atom is 0.310 e. The molecule has 2 atom stereocenters. The molecule has 0 unspecified atom stereocenters. The Labute approximate surface area is 205 Å². The first-order chi connectivity index (χ1) is 16.7. The van der Waals surface area contributed by atoms with Gasteiger partial charge in [-0.2, -0.15) is 0 Å². The second kappa shape index (κ2) is 9.99. The Morgan fingerprint density at radius 3 is 2.34 bits per heavy atom. The number of benzene rings is 3. The highest BCUT2D eigenvalue weighted by atomic mass is 32.2. The number of nitrogens with two attached hydrogens (primary N) is 2. The highest BCUT2D eigenvalue weighted by molar-refractivity contribution is 7.89. The lowest BCUT2D eigenvalue weighted by molar-refractivity contribution is -0.145. The molecule has 1 aliphatic rings. The van der Waals surface area contributed by atoms with Gasteiger partial charge in [-0.25, -0.2) is 13.6 Å². The summed E-state index contributed by atoms with van der Waals surface area (Å²) >= 11 is 0. The van der Waals surface area contributed by atoms with Crippen molar-refractivity contribution in [3.63, 3.8) is 0 Å². The maximum atomic E-state index is 12.6. The Kier molecular flexibility index (Phi) is 7.02. The van der Waals surface area contributed by atoms with Crippen LogP contribution in [0.25, 0.3) is 11.1 Å². The Bertz CT molecular complexity index is 1360. The van der Waals surface area contributed by atoms with E-state index in [0.717, 1.165) is 16.7 Å². The molecule has 1 aliphatic heterocycles. The molecule has 3 aromatic carbocycles. The highest BCUT2D eigenvalue weighted by Gasteiger charge is 2.40. The van der Waals surface area contributed by atoms with Gasteiger partial charge in [0, 0.05) is 36.7 Å². The van der Waals surface area contributed by atoms with Crippen LogP contribution in [0.5, 0.6) is 0 Å². The number of esters is 1. The second-order valence-electron chi connectivity index (χ2n) is 8.67. The minimum atomic E-state index is -3.85. The average Bonchev–Trinajstić information content (AvgIpc) is 3.27. The van der Waals surface area contributed by atoms with E-state index in [0.29, 0.717) is 30.8 Å². The summed E-state index contributed by atoms with van der Waals surface area (Å²) in [7, 11) is -2.46. The predicted octanol–water partition coefficient (Wildman–Crippen LogP) is 2.67. The molecule has 0 aliphatic carbocycles. The van der Waals surface area contributed by atoms with E-state index in [1.807, 2.05) is 42.5 Å². The Hall–Kier alpha value is -3.53. The summed E-state index contributed by atoms with van der Waals surface area (Å²) in [4.78, 5) is 14.9. The minimum Gasteiger partial charge on any atom is -0.469 e. The van der Waals surface area contributed by atoms with Gasteiger partial charge in [0.15, 0.2) is 0 Å². The number of rotatable bonds is 7. The van der Waals surface area contributed by atoms with Crippen LogP contribution in [0.1, 0.15) is 22.6 Å². The smallest absolute Gasteiger partial charge is 0.310 e. The van der Waals surface area contributed by atoms with Crippen LogP contribution in [0.3, 0.4) is 0 Å². The molecule has 9 heteroatoms. The van der Waals surface area contributed by atoms with Crippen molar-refractivity contribution in [1.29, 1.82) is 5.41 Å². The van der Waals surface area contributed by atoms with Crippen LogP contribution in [0, 0.1) is 11.3 Å². The first kappa shape index (κ1) is 24.6. The van der Waals surface area contributed by atoms with Crippen molar-refractivity contribution in [2.24, 2.45) is 16.8 Å². The molecule has 5 N–H and O–H groups in total. The fourth-order valence-corrected chi connectivity index (χ4v) is 5.55. The predicted molar refractivity (Wildman–Crippen MR) is 134 cm³/mol.